The number of aromatic nitrogens is 4. The number of halogens is 3. The Hall–Kier alpha value is -2.16. The molecular weight excluding hydrogens is 365 g/mol. The third kappa shape index (κ3) is 3.82. The molecule has 5 nitrogen and oxygen atoms in total. The third-order valence-electron chi connectivity index (χ3n) is 3.57. The zero-order chi connectivity index (χ0) is 19.1. The maximum absolute atomic E-state index is 13.1. The van der Waals surface area contributed by atoms with E-state index in [1.807, 2.05) is 20.8 Å². The molecule has 1 aromatic carbocycles. The van der Waals surface area contributed by atoms with Gasteiger partial charge in [0.05, 0.1) is 10.8 Å². The molecule has 2 aromatic heterocycles. The lowest BCUT2D eigenvalue weighted by molar-refractivity contribution is -0.145. The van der Waals surface area contributed by atoms with Gasteiger partial charge in [-0.25, -0.2) is 9.97 Å². The van der Waals surface area contributed by atoms with Crippen LogP contribution in [0.15, 0.2) is 33.8 Å². The van der Waals surface area contributed by atoms with Gasteiger partial charge < -0.3 is 4.52 Å². The van der Waals surface area contributed by atoms with Crippen molar-refractivity contribution < 1.29 is 17.7 Å². The summed E-state index contributed by atoms with van der Waals surface area (Å²) in [7, 11) is 0. The summed E-state index contributed by atoms with van der Waals surface area (Å²) in [5.74, 6) is -0.272. The minimum atomic E-state index is -4.62. The lowest BCUT2D eigenvalue weighted by Crippen LogP contribution is -2.13. The van der Waals surface area contributed by atoms with Crippen LogP contribution in [0.4, 0.5) is 13.2 Å². The van der Waals surface area contributed by atoms with Gasteiger partial charge in [0.25, 0.3) is 0 Å². The summed E-state index contributed by atoms with van der Waals surface area (Å²) in [5.41, 5.74) is -0.0394. The van der Waals surface area contributed by atoms with Crippen LogP contribution in [0, 0.1) is 0 Å². The second-order valence-electron chi connectivity index (χ2n) is 6.83. The average Bonchev–Trinajstić information content (AvgIpc) is 3.04. The Morgan fingerprint density at radius 2 is 1.69 bits per heavy atom. The maximum Gasteiger partial charge on any atom is 0.451 e. The molecule has 0 unspecified atom stereocenters. The Bertz CT molecular complexity index is 934. The first-order valence-electron chi connectivity index (χ1n) is 7.90. The van der Waals surface area contributed by atoms with Gasteiger partial charge >= 0.3 is 6.18 Å². The lowest BCUT2D eigenvalue weighted by Gasteiger charge is -2.12. The van der Waals surface area contributed by atoms with E-state index >= 15 is 0 Å². The quantitative estimate of drug-likeness (QED) is 0.459. The Morgan fingerprint density at radius 1 is 1.00 bits per heavy atom. The van der Waals surface area contributed by atoms with Gasteiger partial charge in [0, 0.05) is 10.8 Å². The summed E-state index contributed by atoms with van der Waals surface area (Å²) in [6, 6.07) is 6.60. The van der Waals surface area contributed by atoms with Crippen LogP contribution in [0.2, 0.25) is 0 Å². The first kappa shape index (κ1) is 18.6. The number of thioether (sulfide) groups is 1. The van der Waals surface area contributed by atoms with Crippen LogP contribution < -0.4 is 0 Å². The van der Waals surface area contributed by atoms with E-state index in [0.717, 1.165) is 11.8 Å². The predicted molar refractivity (Wildman–Crippen MR) is 91.8 cm³/mol. The van der Waals surface area contributed by atoms with E-state index in [9.17, 15) is 13.2 Å². The van der Waals surface area contributed by atoms with Crippen molar-refractivity contribution in [3.05, 3.63) is 41.8 Å². The van der Waals surface area contributed by atoms with Crippen molar-refractivity contribution in [3.63, 3.8) is 0 Å². The number of para-hydroxylation sites is 1. The molecule has 0 fully saturated rings. The van der Waals surface area contributed by atoms with Crippen LogP contribution in [-0.2, 0) is 11.6 Å². The summed E-state index contributed by atoms with van der Waals surface area (Å²) in [4.78, 5) is 11.7. The molecule has 138 valence electrons. The summed E-state index contributed by atoms with van der Waals surface area (Å²) >= 11 is 1.13. The van der Waals surface area contributed by atoms with E-state index in [1.54, 1.807) is 25.1 Å². The monoisotopic (exact) mass is 382 g/mol. The van der Waals surface area contributed by atoms with Crippen LogP contribution in [-0.4, -0.2) is 20.1 Å². The number of alkyl halides is 3. The SMILES string of the molecule is C[C@@H](Sc1nc(C(F)(F)F)nc2ccccc12)c1nc(C(C)(C)C)no1. The fraction of sp³-hybridized carbons (Fsp3) is 0.412. The van der Waals surface area contributed by atoms with E-state index in [1.165, 1.54) is 6.07 Å². The third-order valence-corrected chi connectivity index (χ3v) is 4.66. The molecule has 26 heavy (non-hydrogen) atoms. The maximum atomic E-state index is 13.1. The number of hydrogen-bond donors (Lipinski definition) is 0. The van der Waals surface area contributed by atoms with Gasteiger partial charge in [0.1, 0.15) is 5.03 Å². The molecule has 0 radical (unpaired) electrons. The van der Waals surface area contributed by atoms with Gasteiger partial charge in [-0.15, -0.1) is 0 Å². The number of rotatable bonds is 3. The van der Waals surface area contributed by atoms with Crippen molar-refractivity contribution >= 4 is 22.7 Å². The number of benzene rings is 1. The highest BCUT2D eigenvalue weighted by Gasteiger charge is 2.36. The summed E-state index contributed by atoms with van der Waals surface area (Å²) < 4.78 is 44.6. The van der Waals surface area contributed by atoms with Crippen molar-refractivity contribution in [1.29, 1.82) is 0 Å². The second-order valence-corrected chi connectivity index (χ2v) is 8.16. The van der Waals surface area contributed by atoms with Gasteiger partial charge in [0.15, 0.2) is 5.82 Å². The minimum Gasteiger partial charge on any atom is -0.338 e. The molecule has 3 aromatic rings. The Labute approximate surface area is 152 Å². The summed E-state index contributed by atoms with van der Waals surface area (Å²) in [6.45, 7) is 7.64. The van der Waals surface area contributed by atoms with E-state index in [4.69, 9.17) is 4.52 Å². The molecule has 0 aliphatic carbocycles. The standard InChI is InChI=1S/C17H17F3N4OS/c1-9(12-22-14(24-25-12)16(2,3)4)26-13-10-7-5-6-8-11(10)21-15(23-13)17(18,19)20/h5-9H,1-4H3/t9-/m1/s1. The van der Waals surface area contributed by atoms with Gasteiger partial charge in [-0.1, -0.05) is 55.9 Å². The van der Waals surface area contributed by atoms with Gasteiger partial charge in [-0.3, -0.25) is 0 Å². The summed E-state index contributed by atoms with van der Waals surface area (Å²) in [6.07, 6.45) is -4.62. The molecule has 2 heterocycles. The topological polar surface area (TPSA) is 64.7 Å². The molecular formula is C17H17F3N4OS. The first-order valence-corrected chi connectivity index (χ1v) is 8.78. The second kappa shape index (κ2) is 6.53. The molecule has 1 atom stereocenters. The van der Waals surface area contributed by atoms with Crippen LogP contribution in [0.1, 0.15) is 50.5 Å². The zero-order valence-corrected chi connectivity index (χ0v) is 15.4. The van der Waals surface area contributed by atoms with Crippen molar-refractivity contribution in [3.8, 4) is 0 Å². The lowest BCUT2D eigenvalue weighted by atomic mass is 9.96. The Morgan fingerprint density at radius 3 is 2.31 bits per heavy atom. The highest BCUT2D eigenvalue weighted by atomic mass is 32.2. The highest BCUT2D eigenvalue weighted by Crippen LogP contribution is 2.38. The van der Waals surface area contributed by atoms with Gasteiger partial charge in [0.2, 0.25) is 11.7 Å². The molecule has 3 rings (SSSR count). The molecule has 0 spiro atoms. The smallest absolute Gasteiger partial charge is 0.338 e. The van der Waals surface area contributed by atoms with E-state index in [2.05, 4.69) is 20.1 Å². The van der Waals surface area contributed by atoms with Crippen molar-refractivity contribution in [2.45, 2.75) is 49.6 Å². The molecule has 0 amide bonds. The van der Waals surface area contributed by atoms with Crippen molar-refractivity contribution in [1.82, 2.24) is 20.1 Å². The molecule has 0 saturated carbocycles. The Balaban J connectivity index is 1.98. The normalized spacial score (nSPS) is 14.0. The fourth-order valence-electron chi connectivity index (χ4n) is 2.19. The van der Waals surface area contributed by atoms with Crippen LogP contribution in [0.5, 0.6) is 0 Å². The molecule has 0 aliphatic rings. The number of hydrogen-bond acceptors (Lipinski definition) is 6. The Kier molecular flexibility index (Phi) is 4.68. The summed E-state index contributed by atoms with van der Waals surface area (Å²) in [5, 5.41) is 4.37. The van der Waals surface area contributed by atoms with Crippen LogP contribution >= 0.6 is 11.8 Å². The largest absolute Gasteiger partial charge is 0.451 e. The number of nitrogens with zero attached hydrogens (tertiary/aromatic N) is 4. The van der Waals surface area contributed by atoms with E-state index in [0.29, 0.717) is 17.1 Å². The molecule has 0 N–H and O–H groups in total. The molecule has 9 heteroatoms. The van der Waals surface area contributed by atoms with Crippen molar-refractivity contribution in [2.24, 2.45) is 0 Å². The molecule has 0 bridgehead atoms. The van der Waals surface area contributed by atoms with Crippen LogP contribution in [0.25, 0.3) is 10.9 Å². The fourth-order valence-corrected chi connectivity index (χ4v) is 3.16. The predicted octanol–water partition coefficient (Wildman–Crippen LogP) is 5.18. The minimum absolute atomic E-state index is 0.228. The first-order chi connectivity index (χ1) is 12.1. The zero-order valence-electron chi connectivity index (χ0n) is 14.6. The average molecular weight is 382 g/mol. The van der Waals surface area contributed by atoms with Crippen molar-refractivity contribution in [2.75, 3.05) is 0 Å². The van der Waals surface area contributed by atoms with E-state index < -0.39 is 12.0 Å². The van der Waals surface area contributed by atoms with Gasteiger partial charge in [-0.2, -0.15) is 18.2 Å². The highest BCUT2D eigenvalue weighted by molar-refractivity contribution is 7.99. The molecule has 0 saturated heterocycles. The van der Waals surface area contributed by atoms with Gasteiger partial charge in [-0.05, 0) is 13.0 Å². The van der Waals surface area contributed by atoms with E-state index in [-0.39, 0.29) is 21.2 Å². The number of fused-ring (bicyclic) bond motifs is 1. The molecule has 0 aliphatic heterocycles. The van der Waals surface area contributed by atoms with Crippen LogP contribution in [0.3, 0.4) is 0 Å².